The second-order valence-electron chi connectivity index (χ2n) is 8.56. The maximum Gasteiger partial charge on any atom is 0.191 e. The molecule has 0 bridgehead atoms. The monoisotopic (exact) mass is 377 g/mol. The van der Waals surface area contributed by atoms with Gasteiger partial charge in [0.1, 0.15) is 0 Å². The van der Waals surface area contributed by atoms with Crippen molar-refractivity contribution in [3.63, 3.8) is 0 Å². The van der Waals surface area contributed by atoms with Gasteiger partial charge in [0.2, 0.25) is 0 Å². The Morgan fingerprint density at radius 3 is 2.63 bits per heavy atom. The Morgan fingerprint density at radius 1 is 1.41 bits per heavy atom. The van der Waals surface area contributed by atoms with Crippen LogP contribution in [0.25, 0.3) is 0 Å². The molecule has 1 heterocycles. The van der Waals surface area contributed by atoms with Gasteiger partial charge in [-0.25, -0.2) is 0 Å². The van der Waals surface area contributed by atoms with E-state index in [4.69, 9.17) is 4.74 Å². The van der Waals surface area contributed by atoms with E-state index in [9.17, 15) is 0 Å². The van der Waals surface area contributed by atoms with Gasteiger partial charge in [0.25, 0.3) is 0 Å². The molecule has 2 rings (SSSR count). The highest BCUT2D eigenvalue weighted by atomic mass is 16.5. The lowest BCUT2D eigenvalue weighted by molar-refractivity contribution is -0.113. The van der Waals surface area contributed by atoms with E-state index in [2.05, 4.69) is 62.3 Å². The van der Waals surface area contributed by atoms with E-state index >= 15 is 0 Å². The first-order valence-electron chi connectivity index (χ1n) is 10.3. The second kappa shape index (κ2) is 9.09. The number of unbranched alkanes of at least 4 members (excludes halogenated alkanes) is 1. The Labute approximate surface area is 165 Å². The standard InChI is InChI=1S/C21H39N5O/c1-9-10-11-27-19-13-18(21(19,5)6)24-20(22-7)23-14(2)12-17-15(3)25-26(8)16(17)4/h14,18-19H,9-13H2,1-8H3,(H2,22,23,24). The molecule has 1 aromatic heterocycles. The van der Waals surface area contributed by atoms with Crippen molar-refractivity contribution in [3.05, 3.63) is 17.0 Å². The van der Waals surface area contributed by atoms with Crippen LogP contribution >= 0.6 is 0 Å². The molecule has 27 heavy (non-hydrogen) atoms. The molecule has 0 aromatic carbocycles. The first kappa shape index (κ1) is 21.7. The smallest absolute Gasteiger partial charge is 0.191 e. The summed E-state index contributed by atoms with van der Waals surface area (Å²) in [4.78, 5) is 4.44. The molecule has 0 radical (unpaired) electrons. The van der Waals surface area contributed by atoms with Crippen LogP contribution in [0.4, 0.5) is 0 Å². The van der Waals surface area contributed by atoms with Gasteiger partial charge in [-0.1, -0.05) is 27.2 Å². The molecule has 1 fully saturated rings. The van der Waals surface area contributed by atoms with E-state index in [1.807, 2.05) is 18.8 Å². The van der Waals surface area contributed by atoms with Crippen molar-refractivity contribution in [3.8, 4) is 0 Å². The molecule has 1 saturated carbocycles. The molecule has 3 atom stereocenters. The van der Waals surface area contributed by atoms with Crippen LogP contribution in [0.15, 0.2) is 4.99 Å². The zero-order valence-corrected chi connectivity index (χ0v) is 18.5. The van der Waals surface area contributed by atoms with E-state index in [0.717, 1.165) is 37.5 Å². The lowest BCUT2D eigenvalue weighted by Gasteiger charge is -2.52. The second-order valence-corrected chi connectivity index (χ2v) is 8.56. The highest BCUT2D eigenvalue weighted by molar-refractivity contribution is 5.80. The number of aryl methyl sites for hydroxylation is 2. The van der Waals surface area contributed by atoms with Gasteiger partial charge in [-0.05, 0) is 45.6 Å². The summed E-state index contributed by atoms with van der Waals surface area (Å²) in [6.07, 6.45) is 4.62. The number of ether oxygens (including phenoxy) is 1. The molecule has 1 aliphatic rings. The summed E-state index contributed by atoms with van der Waals surface area (Å²) >= 11 is 0. The molecule has 6 nitrogen and oxygen atoms in total. The third-order valence-electron chi connectivity index (χ3n) is 6.08. The van der Waals surface area contributed by atoms with Crippen LogP contribution < -0.4 is 10.6 Å². The van der Waals surface area contributed by atoms with Crippen LogP contribution in [0.3, 0.4) is 0 Å². The molecule has 0 saturated heterocycles. The van der Waals surface area contributed by atoms with Crippen LogP contribution in [-0.2, 0) is 18.2 Å². The summed E-state index contributed by atoms with van der Waals surface area (Å²) in [5.41, 5.74) is 3.78. The van der Waals surface area contributed by atoms with E-state index in [1.54, 1.807) is 0 Å². The normalized spacial score (nSPS) is 23.0. The van der Waals surface area contributed by atoms with E-state index < -0.39 is 0 Å². The van der Waals surface area contributed by atoms with Crippen molar-refractivity contribution in [1.82, 2.24) is 20.4 Å². The molecule has 1 aromatic rings. The van der Waals surface area contributed by atoms with E-state index in [0.29, 0.717) is 12.1 Å². The van der Waals surface area contributed by atoms with Gasteiger partial charge >= 0.3 is 0 Å². The fraction of sp³-hybridized carbons (Fsp3) is 0.810. The Morgan fingerprint density at radius 2 is 2.11 bits per heavy atom. The summed E-state index contributed by atoms with van der Waals surface area (Å²) in [5, 5.41) is 11.7. The highest BCUT2D eigenvalue weighted by Gasteiger charge is 2.49. The summed E-state index contributed by atoms with van der Waals surface area (Å²) in [6.45, 7) is 14.0. The minimum absolute atomic E-state index is 0.116. The number of aliphatic imine (C=N–C) groups is 1. The molecule has 0 aliphatic heterocycles. The van der Waals surface area contributed by atoms with Gasteiger partial charge in [-0.15, -0.1) is 0 Å². The van der Waals surface area contributed by atoms with Crippen molar-refractivity contribution >= 4 is 5.96 Å². The number of guanidine groups is 1. The average molecular weight is 378 g/mol. The van der Waals surface area contributed by atoms with Gasteiger partial charge < -0.3 is 15.4 Å². The predicted octanol–water partition coefficient (Wildman–Crippen LogP) is 3.12. The number of rotatable bonds is 8. The molecule has 154 valence electrons. The van der Waals surface area contributed by atoms with E-state index in [1.165, 1.54) is 17.7 Å². The first-order valence-corrected chi connectivity index (χ1v) is 10.3. The fourth-order valence-corrected chi connectivity index (χ4v) is 3.82. The minimum atomic E-state index is 0.116. The maximum absolute atomic E-state index is 6.06. The zero-order chi connectivity index (χ0) is 20.2. The number of nitrogens with one attached hydrogen (secondary N) is 2. The summed E-state index contributed by atoms with van der Waals surface area (Å²) in [5.74, 6) is 0.867. The van der Waals surface area contributed by atoms with Crippen LogP contribution in [0.1, 0.15) is 63.9 Å². The zero-order valence-electron chi connectivity index (χ0n) is 18.5. The molecule has 1 aliphatic carbocycles. The minimum Gasteiger partial charge on any atom is -0.378 e. The van der Waals surface area contributed by atoms with Crippen molar-refractivity contribution in [2.24, 2.45) is 17.5 Å². The first-order chi connectivity index (χ1) is 12.7. The predicted molar refractivity (Wildman–Crippen MR) is 112 cm³/mol. The van der Waals surface area contributed by atoms with E-state index in [-0.39, 0.29) is 11.5 Å². The molecular formula is C21H39N5O. The lowest BCUT2D eigenvalue weighted by atomic mass is 9.64. The van der Waals surface area contributed by atoms with Crippen LogP contribution in [0, 0.1) is 19.3 Å². The molecular weight excluding hydrogens is 338 g/mol. The van der Waals surface area contributed by atoms with Crippen molar-refractivity contribution in [2.75, 3.05) is 13.7 Å². The Hall–Kier alpha value is -1.56. The van der Waals surface area contributed by atoms with Crippen LogP contribution in [0.2, 0.25) is 0 Å². The maximum atomic E-state index is 6.06. The molecule has 0 amide bonds. The van der Waals surface area contributed by atoms with Gasteiger partial charge in [0, 0.05) is 43.9 Å². The third kappa shape index (κ3) is 5.03. The van der Waals surface area contributed by atoms with Crippen molar-refractivity contribution < 1.29 is 4.74 Å². The Balaban J connectivity index is 1.87. The Kier molecular flexibility index (Phi) is 7.32. The van der Waals surface area contributed by atoms with Crippen molar-refractivity contribution in [2.45, 2.75) is 85.4 Å². The summed E-state index contributed by atoms with van der Waals surface area (Å²) < 4.78 is 8.02. The Bertz CT molecular complexity index is 649. The quantitative estimate of drug-likeness (QED) is 0.415. The summed E-state index contributed by atoms with van der Waals surface area (Å²) in [7, 11) is 3.84. The van der Waals surface area contributed by atoms with Crippen molar-refractivity contribution in [1.29, 1.82) is 0 Å². The van der Waals surface area contributed by atoms with Gasteiger partial charge in [-0.3, -0.25) is 9.67 Å². The van der Waals surface area contributed by atoms with Crippen LogP contribution in [-0.4, -0.2) is 47.6 Å². The molecule has 0 spiro atoms. The number of hydrogen-bond donors (Lipinski definition) is 2. The average Bonchev–Trinajstić information content (AvgIpc) is 2.85. The number of aromatic nitrogens is 2. The van der Waals surface area contributed by atoms with Gasteiger partial charge in [-0.2, -0.15) is 5.10 Å². The number of nitrogens with zero attached hydrogens (tertiary/aromatic N) is 3. The molecule has 6 heteroatoms. The highest BCUT2D eigenvalue weighted by Crippen LogP contribution is 2.42. The largest absolute Gasteiger partial charge is 0.378 e. The summed E-state index contributed by atoms with van der Waals surface area (Å²) in [6, 6.07) is 0.655. The lowest BCUT2D eigenvalue weighted by Crippen LogP contribution is -2.64. The fourth-order valence-electron chi connectivity index (χ4n) is 3.82. The third-order valence-corrected chi connectivity index (χ3v) is 6.08. The molecule has 2 N–H and O–H groups in total. The number of hydrogen-bond acceptors (Lipinski definition) is 3. The van der Waals surface area contributed by atoms with Gasteiger partial charge in [0.05, 0.1) is 11.8 Å². The van der Waals surface area contributed by atoms with Gasteiger partial charge in [0.15, 0.2) is 5.96 Å². The SMILES string of the molecule is CCCCOC1CC(NC(=NC)NC(C)Cc2c(C)nn(C)c2C)C1(C)C. The van der Waals surface area contributed by atoms with Crippen LogP contribution in [0.5, 0.6) is 0 Å². The molecule has 3 unspecified atom stereocenters. The topological polar surface area (TPSA) is 63.5 Å².